The van der Waals surface area contributed by atoms with Crippen molar-refractivity contribution in [2.45, 2.75) is 18.7 Å². The minimum absolute atomic E-state index is 0.0934. The second kappa shape index (κ2) is 7.63. The van der Waals surface area contributed by atoms with E-state index in [4.69, 9.17) is 0 Å². The number of anilines is 2. The Morgan fingerprint density at radius 3 is 2.07 bits per heavy atom. The average Bonchev–Trinajstić information content (AvgIpc) is 2.63. The first-order valence-corrected chi connectivity index (χ1v) is 9.89. The third kappa shape index (κ3) is 4.74. The fourth-order valence-electron chi connectivity index (χ4n) is 2.55. The lowest BCUT2D eigenvalue weighted by molar-refractivity contribution is 0.102. The number of hydrogen-bond acceptors (Lipinski definition) is 3. The maximum atomic E-state index is 12.5. The first-order valence-electron chi connectivity index (χ1n) is 8.41. The lowest BCUT2D eigenvalue weighted by Gasteiger charge is -2.10. The van der Waals surface area contributed by atoms with Gasteiger partial charge in [-0.25, -0.2) is 8.42 Å². The molecular formula is C21H20N2O3S. The van der Waals surface area contributed by atoms with Crippen molar-refractivity contribution in [1.29, 1.82) is 0 Å². The highest BCUT2D eigenvalue weighted by molar-refractivity contribution is 7.92. The fraction of sp³-hybridized carbons (Fsp3) is 0.0952. The van der Waals surface area contributed by atoms with Gasteiger partial charge in [0.15, 0.2) is 0 Å². The van der Waals surface area contributed by atoms with E-state index < -0.39 is 10.0 Å². The number of sulfonamides is 1. The van der Waals surface area contributed by atoms with Crippen molar-refractivity contribution < 1.29 is 13.2 Å². The highest BCUT2D eigenvalue weighted by Crippen LogP contribution is 2.18. The summed E-state index contributed by atoms with van der Waals surface area (Å²) in [5.41, 5.74) is 3.62. The summed E-state index contributed by atoms with van der Waals surface area (Å²) in [4.78, 5) is 12.4. The van der Waals surface area contributed by atoms with Gasteiger partial charge in [0, 0.05) is 16.9 Å². The second-order valence-electron chi connectivity index (χ2n) is 6.32. The molecule has 0 spiro atoms. The molecule has 1 amide bonds. The largest absolute Gasteiger partial charge is 0.322 e. The quantitative estimate of drug-likeness (QED) is 0.691. The van der Waals surface area contributed by atoms with Crippen LogP contribution in [0, 0.1) is 13.8 Å². The molecule has 27 heavy (non-hydrogen) atoms. The lowest BCUT2D eigenvalue weighted by atomic mass is 10.2. The molecule has 0 aliphatic carbocycles. The molecule has 5 nitrogen and oxygen atoms in total. The average molecular weight is 380 g/mol. The number of benzene rings is 3. The summed E-state index contributed by atoms with van der Waals surface area (Å²) in [5, 5.41) is 2.79. The van der Waals surface area contributed by atoms with E-state index in [1.165, 1.54) is 24.3 Å². The summed E-state index contributed by atoms with van der Waals surface area (Å²) in [6.07, 6.45) is 0. The number of carbonyl (C=O) groups excluding carboxylic acids is 1. The van der Waals surface area contributed by atoms with E-state index in [9.17, 15) is 13.2 Å². The minimum Gasteiger partial charge on any atom is -0.322 e. The van der Waals surface area contributed by atoms with Gasteiger partial charge in [-0.05, 0) is 67.9 Å². The first-order chi connectivity index (χ1) is 12.8. The summed E-state index contributed by atoms with van der Waals surface area (Å²) < 4.78 is 27.6. The molecule has 3 aromatic rings. The van der Waals surface area contributed by atoms with Gasteiger partial charge < -0.3 is 5.32 Å². The normalized spacial score (nSPS) is 11.0. The molecule has 0 atom stereocenters. The van der Waals surface area contributed by atoms with Gasteiger partial charge in [0.1, 0.15) is 0 Å². The SMILES string of the molecule is Cc1ccc(NC(=O)c2ccc(S(=O)(=O)Nc3cccc(C)c3)cc2)cc1. The smallest absolute Gasteiger partial charge is 0.261 e. The molecule has 138 valence electrons. The summed E-state index contributed by atoms with van der Waals surface area (Å²) in [6, 6.07) is 20.4. The zero-order valence-corrected chi connectivity index (χ0v) is 15.9. The minimum atomic E-state index is -3.72. The summed E-state index contributed by atoms with van der Waals surface area (Å²) in [5.74, 6) is -0.297. The van der Waals surface area contributed by atoms with Crippen molar-refractivity contribution >= 4 is 27.3 Å². The van der Waals surface area contributed by atoms with Gasteiger partial charge in [-0.2, -0.15) is 0 Å². The number of nitrogens with one attached hydrogen (secondary N) is 2. The molecule has 0 saturated carbocycles. The van der Waals surface area contributed by atoms with Gasteiger partial charge in [0.25, 0.3) is 15.9 Å². The Bertz CT molecular complexity index is 1060. The predicted molar refractivity (Wildman–Crippen MR) is 108 cm³/mol. The molecule has 0 heterocycles. The third-order valence-electron chi connectivity index (χ3n) is 4.01. The van der Waals surface area contributed by atoms with Crippen molar-refractivity contribution in [3.05, 3.63) is 89.5 Å². The Labute approximate surface area is 159 Å². The predicted octanol–water partition coefficient (Wildman–Crippen LogP) is 4.36. The van der Waals surface area contributed by atoms with Crippen LogP contribution in [0.15, 0.2) is 77.7 Å². The summed E-state index contributed by atoms with van der Waals surface area (Å²) in [7, 11) is -3.72. The molecule has 0 radical (unpaired) electrons. The van der Waals surface area contributed by atoms with Gasteiger partial charge >= 0.3 is 0 Å². The van der Waals surface area contributed by atoms with E-state index in [1.807, 2.05) is 44.2 Å². The van der Waals surface area contributed by atoms with Crippen molar-refractivity contribution in [3.63, 3.8) is 0 Å². The van der Waals surface area contributed by atoms with Crippen LogP contribution in [0.5, 0.6) is 0 Å². The molecular weight excluding hydrogens is 360 g/mol. The molecule has 0 aromatic heterocycles. The van der Waals surface area contributed by atoms with E-state index in [1.54, 1.807) is 18.2 Å². The number of aryl methyl sites for hydroxylation is 2. The Kier molecular flexibility index (Phi) is 5.28. The molecule has 2 N–H and O–H groups in total. The van der Waals surface area contributed by atoms with Crippen molar-refractivity contribution in [2.24, 2.45) is 0 Å². The molecule has 0 saturated heterocycles. The summed E-state index contributed by atoms with van der Waals surface area (Å²) >= 11 is 0. The molecule has 0 aliphatic heterocycles. The standard InChI is InChI=1S/C21H20N2O3S/c1-15-6-10-18(11-7-15)22-21(24)17-8-12-20(13-9-17)27(25,26)23-19-5-3-4-16(2)14-19/h3-14,23H,1-2H3,(H,22,24). The zero-order chi connectivity index (χ0) is 19.4. The van der Waals surface area contributed by atoms with E-state index >= 15 is 0 Å². The van der Waals surface area contributed by atoms with Gasteiger partial charge in [-0.3, -0.25) is 9.52 Å². The van der Waals surface area contributed by atoms with Gasteiger partial charge in [0.2, 0.25) is 0 Å². The number of rotatable bonds is 5. The second-order valence-corrected chi connectivity index (χ2v) is 8.00. The van der Waals surface area contributed by atoms with Crippen LogP contribution in [0.25, 0.3) is 0 Å². The van der Waals surface area contributed by atoms with Crippen LogP contribution in [0.4, 0.5) is 11.4 Å². The van der Waals surface area contributed by atoms with Crippen LogP contribution < -0.4 is 10.0 Å². The molecule has 0 unspecified atom stereocenters. The van der Waals surface area contributed by atoms with Crippen LogP contribution in [-0.2, 0) is 10.0 Å². The maximum Gasteiger partial charge on any atom is 0.261 e. The van der Waals surface area contributed by atoms with E-state index in [0.29, 0.717) is 16.9 Å². The van der Waals surface area contributed by atoms with E-state index in [-0.39, 0.29) is 10.8 Å². The van der Waals surface area contributed by atoms with Gasteiger partial charge in [0.05, 0.1) is 4.90 Å². The van der Waals surface area contributed by atoms with Gasteiger partial charge in [-0.1, -0.05) is 29.8 Å². The lowest BCUT2D eigenvalue weighted by Crippen LogP contribution is -2.15. The Balaban J connectivity index is 1.73. The Hall–Kier alpha value is -3.12. The highest BCUT2D eigenvalue weighted by Gasteiger charge is 2.15. The van der Waals surface area contributed by atoms with Crippen molar-refractivity contribution in [3.8, 4) is 0 Å². The highest BCUT2D eigenvalue weighted by atomic mass is 32.2. The number of amides is 1. The van der Waals surface area contributed by atoms with E-state index in [2.05, 4.69) is 10.0 Å². The fourth-order valence-corrected chi connectivity index (χ4v) is 3.60. The number of carbonyl (C=O) groups is 1. The monoisotopic (exact) mass is 380 g/mol. The Morgan fingerprint density at radius 1 is 0.778 bits per heavy atom. The first kappa shape index (κ1) is 18.7. The van der Waals surface area contributed by atoms with Crippen molar-refractivity contribution in [2.75, 3.05) is 10.0 Å². The zero-order valence-electron chi connectivity index (χ0n) is 15.1. The molecule has 3 aromatic carbocycles. The molecule has 6 heteroatoms. The Morgan fingerprint density at radius 2 is 1.44 bits per heavy atom. The molecule has 0 fully saturated rings. The maximum absolute atomic E-state index is 12.5. The van der Waals surface area contributed by atoms with Crippen molar-refractivity contribution in [1.82, 2.24) is 0 Å². The van der Waals surface area contributed by atoms with Crippen LogP contribution in [-0.4, -0.2) is 14.3 Å². The number of hydrogen-bond donors (Lipinski definition) is 2. The van der Waals surface area contributed by atoms with E-state index in [0.717, 1.165) is 11.1 Å². The molecule has 0 bridgehead atoms. The summed E-state index contributed by atoms with van der Waals surface area (Å²) in [6.45, 7) is 3.86. The van der Waals surface area contributed by atoms with Crippen LogP contribution in [0.2, 0.25) is 0 Å². The topological polar surface area (TPSA) is 75.3 Å². The van der Waals surface area contributed by atoms with Crippen LogP contribution in [0.1, 0.15) is 21.5 Å². The third-order valence-corrected chi connectivity index (χ3v) is 5.40. The van der Waals surface area contributed by atoms with Crippen LogP contribution >= 0.6 is 0 Å². The molecule has 3 rings (SSSR count). The van der Waals surface area contributed by atoms with Gasteiger partial charge in [-0.15, -0.1) is 0 Å². The molecule has 0 aliphatic rings. The van der Waals surface area contributed by atoms with Crippen LogP contribution in [0.3, 0.4) is 0 Å².